The highest BCUT2D eigenvalue weighted by Crippen LogP contribution is 2.40. The maximum absolute atomic E-state index is 15.0. The molecule has 0 aliphatic heterocycles. The number of sulfone groups is 1. The van der Waals surface area contributed by atoms with Crippen molar-refractivity contribution in [1.29, 1.82) is 0 Å². The molecule has 0 saturated carbocycles. The zero-order valence-corrected chi connectivity index (χ0v) is 24.0. The third-order valence-electron chi connectivity index (χ3n) is 6.67. The Morgan fingerprint density at radius 1 is 1.02 bits per heavy atom. The Morgan fingerprint density at radius 3 is 2.33 bits per heavy atom. The lowest BCUT2D eigenvalue weighted by molar-refractivity contribution is -0.141. The van der Waals surface area contributed by atoms with Gasteiger partial charge in [0.1, 0.15) is 17.3 Å². The minimum absolute atomic E-state index is 0.0342. The quantitative estimate of drug-likeness (QED) is 0.223. The van der Waals surface area contributed by atoms with Crippen molar-refractivity contribution in [3.05, 3.63) is 83.6 Å². The van der Waals surface area contributed by atoms with Crippen molar-refractivity contribution in [2.45, 2.75) is 31.5 Å². The van der Waals surface area contributed by atoms with Crippen LogP contribution in [-0.2, 0) is 22.6 Å². The van der Waals surface area contributed by atoms with Gasteiger partial charge in [-0.2, -0.15) is 13.2 Å². The van der Waals surface area contributed by atoms with E-state index in [9.17, 15) is 26.7 Å². The van der Waals surface area contributed by atoms with Gasteiger partial charge in [0.2, 0.25) is 5.88 Å². The molecular formula is C29H24F4N4O5S. The molecule has 0 bridgehead atoms. The SMILES string of the molecule is COc1ccc(-c2oc(C)nc2-c2cc(-c3cc(F)c(CO)c(S(C)(=O)=O)c3)ccc2-n2cc(C(F)(F)F)nc2C)cn1. The lowest BCUT2D eigenvalue weighted by Crippen LogP contribution is -2.06. The van der Waals surface area contributed by atoms with Crippen LogP contribution in [0, 0.1) is 19.7 Å². The number of ether oxygens (including phenoxy) is 1. The fraction of sp³-hybridized carbons (Fsp3) is 0.207. The second-order valence-corrected chi connectivity index (χ2v) is 11.6. The van der Waals surface area contributed by atoms with Crippen LogP contribution in [0.5, 0.6) is 5.88 Å². The predicted octanol–water partition coefficient (Wildman–Crippen LogP) is 5.94. The number of oxazole rings is 1. The molecule has 224 valence electrons. The highest BCUT2D eigenvalue weighted by Gasteiger charge is 2.35. The van der Waals surface area contributed by atoms with Crippen LogP contribution in [-0.4, -0.2) is 46.4 Å². The molecule has 2 aromatic carbocycles. The standard InChI is InChI=1S/C29H24F4N4O5S/c1-15-35-25(29(31,32)33)13-37(15)23-7-5-17(19-10-22(30)21(14-38)24(11-19)43(4,39)40)9-20(23)27-28(42-16(2)36-27)18-6-8-26(41-3)34-12-18/h5-13,38H,14H2,1-4H3. The summed E-state index contributed by atoms with van der Waals surface area (Å²) in [6.45, 7) is 2.17. The molecule has 5 aromatic rings. The molecule has 0 atom stereocenters. The Balaban J connectivity index is 1.79. The molecule has 0 aliphatic rings. The normalized spacial score (nSPS) is 12.1. The Kier molecular flexibility index (Phi) is 7.60. The summed E-state index contributed by atoms with van der Waals surface area (Å²) in [6.07, 6.45) is -1.47. The van der Waals surface area contributed by atoms with Crippen LogP contribution in [0.2, 0.25) is 0 Å². The first kappa shape index (κ1) is 29.9. The zero-order chi connectivity index (χ0) is 31.3. The van der Waals surface area contributed by atoms with Gasteiger partial charge in [-0.15, -0.1) is 0 Å². The molecule has 3 aromatic heterocycles. The Labute approximate surface area is 243 Å². The molecule has 1 N–H and O–H groups in total. The molecule has 14 heteroatoms. The van der Waals surface area contributed by atoms with E-state index in [1.165, 1.54) is 43.0 Å². The van der Waals surface area contributed by atoms with Crippen LogP contribution in [0.1, 0.15) is 23.0 Å². The van der Waals surface area contributed by atoms with E-state index in [1.807, 2.05) is 0 Å². The summed E-state index contributed by atoms with van der Waals surface area (Å²) in [6, 6.07) is 10.1. The minimum Gasteiger partial charge on any atom is -0.481 e. The maximum atomic E-state index is 15.0. The third-order valence-corrected chi connectivity index (χ3v) is 7.83. The first-order valence-corrected chi connectivity index (χ1v) is 14.5. The number of imidazole rings is 1. The molecule has 3 heterocycles. The Morgan fingerprint density at radius 2 is 1.74 bits per heavy atom. The van der Waals surface area contributed by atoms with E-state index in [2.05, 4.69) is 15.0 Å². The number of alkyl halides is 3. The average molecular weight is 617 g/mol. The molecule has 0 aliphatic carbocycles. The second-order valence-electron chi connectivity index (χ2n) is 9.64. The second kappa shape index (κ2) is 10.9. The summed E-state index contributed by atoms with van der Waals surface area (Å²) in [7, 11) is -2.48. The van der Waals surface area contributed by atoms with Crippen LogP contribution >= 0.6 is 0 Å². The number of rotatable bonds is 7. The third kappa shape index (κ3) is 5.75. The van der Waals surface area contributed by atoms with Gasteiger partial charge in [-0.3, -0.25) is 0 Å². The van der Waals surface area contributed by atoms with Gasteiger partial charge in [0, 0.05) is 48.3 Å². The Hall–Kier alpha value is -4.56. The highest BCUT2D eigenvalue weighted by atomic mass is 32.2. The monoisotopic (exact) mass is 616 g/mol. The van der Waals surface area contributed by atoms with E-state index >= 15 is 4.39 Å². The number of nitrogens with zero attached hydrogens (tertiary/aromatic N) is 4. The molecule has 43 heavy (non-hydrogen) atoms. The maximum Gasteiger partial charge on any atom is 0.434 e. The smallest absolute Gasteiger partial charge is 0.434 e. The largest absolute Gasteiger partial charge is 0.481 e. The summed E-state index contributed by atoms with van der Waals surface area (Å²) >= 11 is 0. The number of pyridine rings is 1. The van der Waals surface area contributed by atoms with Crippen molar-refractivity contribution in [2.75, 3.05) is 13.4 Å². The lowest BCUT2D eigenvalue weighted by Gasteiger charge is -2.15. The predicted molar refractivity (Wildman–Crippen MR) is 148 cm³/mol. The summed E-state index contributed by atoms with van der Waals surface area (Å²) in [4.78, 5) is 12.0. The topological polar surface area (TPSA) is 120 Å². The summed E-state index contributed by atoms with van der Waals surface area (Å²) < 4.78 is 92.9. The van der Waals surface area contributed by atoms with Crippen LogP contribution in [0.25, 0.3) is 39.4 Å². The minimum atomic E-state index is -4.70. The van der Waals surface area contributed by atoms with Gasteiger partial charge < -0.3 is 18.8 Å². The van der Waals surface area contributed by atoms with Gasteiger partial charge >= 0.3 is 6.18 Å². The van der Waals surface area contributed by atoms with Crippen molar-refractivity contribution in [3.63, 3.8) is 0 Å². The van der Waals surface area contributed by atoms with Crippen LogP contribution in [0.3, 0.4) is 0 Å². The molecule has 0 fully saturated rings. The number of methoxy groups -OCH3 is 1. The van der Waals surface area contributed by atoms with Gasteiger partial charge in [-0.05, 0) is 48.4 Å². The summed E-state index contributed by atoms with van der Waals surface area (Å²) in [5.74, 6) is -0.0693. The number of halogens is 4. The number of hydrogen-bond donors (Lipinski definition) is 1. The van der Waals surface area contributed by atoms with E-state index in [1.54, 1.807) is 25.1 Å². The summed E-state index contributed by atoms with van der Waals surface area (Å²) in [5.41, 5.74) is 0.239. The van der Waals surface area contributed by atoms with Crippen molar-refractivity contribution >= 4 is 9.84 Å². The molecule has 0 radical (unpaired) electrons. The molecule has 0 amide bonds. The number of benzene rings is 2. The first-order valence-electron chi connectivity index (χ1n) is 12.6. The van der Waals surface area contributed by atoms with E-state index in [0.29, 0.717) is 17.0 Å². The molecule has 5 rings (SSSR count). The van der Waals surface area contributed by atoms with Crippen molar-refractivity contribution < 1.29 is 40.2 Å². The lowest BCUT2D eigenvalue weighted by atomic mass is 9.97. The zero-order valence-electron chi connectivity index (χ0n) is 23.2. The average Bonchev–Trinajstić information content (AvgIpc) is 3.54. The van der Waals surface area contributed by atoms with Crippen molar-refractivity contribution in [1.82, 2.24) is 19.5 Å². The van der Waals surface area contributed by atoms with Gasteiger partial charge in [0.15, 0.2) is 27.2 Å². The van der Waals surface area contributed by atoms with Gasteiger partial charge in [0.25, 0.3) is 0 Å². The van der Waals surface area contributed by atoms with Crippen LogP contribution < -0.4 is 4.74 Å². The molecular weight excluding hydrogens is 592 g/mol. The van der Waals surface area contributed by atoms with Gasteiger partial charge in [-0.1, -0.05) is 6.07 Å². The fourth-order valence-corrected chi connectivity index (χ4v) is 5.62. The number of aromatic nitrogens is 4. The molecule has 0 unspecified atom stereocenters. The van der Waals surface area contributed by atoms with Crippen molar-refractivity contribution in [2.24, 2.45) is 0 Å². The van der Waals surface area contributed by atoms with Crippen molar-refractivity contribution in [3.8, 4) is 45.3 Å². The molecule has 0 spiro atoms. The number of aryl methyl sites for hydroxylation is 2. The van der Waals surface area contributed by atoms with Gasteiger partial charge in [-0.25, -0.2) is 27.8 Å². The van der Waals surface area contributed by atoms with Crippen LogP contribution in [0.4, 0.5) is 17.6 Å². The number of aliphatic hydroxyl groups excluding tert-OH is 1. The summed E-state index contributed by atoms with van der Waals surface area (Å²) in [5, 5.41) is 9.61. The molecule has 0 saturated heterocycles. The van der Waals surface area contributed by atoms with E-state index in [0.717, 1.165) is 18.5 Å². The van der Waals surface area contributed by atoms with E-state index in [-0.39, 0.29) is 45.5 Å². The van der Waals surface area contributed by atoms with Crippen LogP contribution in [0.15, 0.2) is 64.2 Å². The van der Waals surface area contributed by atoms with Gasteiger partial charge in [0.05, 0.1) is 24.3 Å². The fourth-order valence-electron chi connectivity index (χ4n) is 4.67. The van der Waals surface area contributed by atoms with E-state index in [4.69, 9.17) is 9.15 Å². The number of aliphatic hydroxyl groups is 1. The van der Waals surface area contributed by atoms with E-state index < -0.39 is 39.0 Å². The first-order chi connectivity index (χ1) is 20.2. The highest BCUT2D eigenvalue weighted by molar-refractivity contribution is 7.90. The number of hydrogen-bond acceptors (Lipinski definition) is 8. The molecule has 9 nitrogen and oxygen atoms in total. The Bertz CT molecular complexity index is 1950.